The standard InChI is InChI=1S/C24H24N2O2S/c1-2-18-8-6-10-20(16-18)25-24(27)26-14-15-29-23(26)19-9-7-13-22(17-19)28-21-11-4-3-5-12-21/h3-13,16-17,23H,2,14-15H2,1H3,(H,25,27)/t23-/m1/s1. The lowest BCUT2D eigenvalue weighted by molar-refractivity contribution is 0.214. The summed E-state index contributed by atoms with van der Waals surface area (Å²) in [6, 6.07) is 25.7. The number of rotatable bonds is 5. The molecule has 0 aliphatic carbocycles. The molecule has 0 aromatic heterocycles. The van der Waals surface area contributed by atoms with Crippen LogP contribution in [-0.2, 0) is 6.42 Å². The number of nitrogens with zero attached hydrogens (tertiary/aromatic N) is 1. The van der Waals surface area contributed by atoms with Crippen LogP contribution in [0.2, 0.25) is 0 Å². The normalized spacial score (nSPS) is 15.9. The van der Waals surface area contributed by atoms with Crippen molar-refractivity contribution in [1.82, 2.24) is 4.90 Å². The number of amides is 2. The summed E-state index contributed by atoms with van der Waals surface area (Å²) in [7, 11) is 0. The highest BCUT2D eigenvalue weighted by Crippen LogP contribution is 2.39. The summed E-state index contributed by atoms with van der Waals surface area (Å²) in [5.41, 5.74) is 3.12. The van der Waals surface area contributed by atoms with Crippen LogP contribution in [0.3, 0.4) is 0 Å². The Bertz CT molecular complexity index is 977. The average Bonchev–Trinajstić information content (AvgIpc) is 3.25. The minimum Gasteiger partial charge on any atom is -0.457 e. The molecule has 1 N–H and O–H groups in total. The van der Waals surface area contributed by atoms with Gasteiger partial charge in [0.25, 0.3) is 0 Å². The number of urea groups is 1. The largest absolute Gasteiger partial charge is 0.457 e. The van der Waals surface area contributed by atoms with Crippen molar-refractivity contribution in [1.29, 1.82) is 0 Å². The molecule has 0 radical (unpaired) electrons. The predicted molar refractivity (Wildman–Crippen MR) is 120 cm³/mol. The van der Waals surface area contributed by atoms with Crippen molar-refractivity contribution < 1.29 is 9.53 Å². The first-order valence-corrected chi connectivity index (χ1v) is 10.9. The van der Waals surface area contributed by atoms with Gasteiger partial charge in [-0.05, 0) is 53.9 Å². The second kappa shape index (κ2) is 9.05. The maximum absolute atomic E-state index is 12.9. The molecule has 4 rings (SSSR count). The Kier molecular flexibility index (Phi) is 6.06. The molecule has 0 saturated carbocycles. The highest BCUT2D eigenvalue weighted by atomic mass is 32.2. The van der Waals surface area contributed by atoms with E-state index in [4.69, 9.17) is 4.74 Å². The molecule has 5 heteroatoms. The summed E-state index contributed by atoms with van der Waals surface area (Å²) >= 11 is 1.77. The molecule has 0 unspecified atom stereocenters. The Morgan fingerprint density at radius 3 is 2.66 bits per heavy atom. The maximum atomic E-state index is 12.9. The lowest BCUT2D eigenvalue weighted by Crippen LogP contribution is -2.34. The summed E-state index contributed by atoms with van der Waals surface area (Å²) < 4.78 is 5.97. The minimum atomic E-state index is -0.0670. The van der Waals surface area contributed by atoms with Gasteiger partial charge in [0.05, 0.1) is 0 Å². The summed E-state index contributed by atoms with van der Waals surface area (Å²) in [6.07, 6.45) is 0.945. The molecule has 1 atom stereocenters. The van der Waals surface area contributed by atoms with Crippen molar-refractivity contribution in [3.8, 4) is 11.5 Å². The van der Waals surface area contributed by atoms with Gasteiger partial charge in [0.1, 0.15) is 16.9 Å². The van der Waals surface area contributed by atoms with Gasteiger partial charge in [-0.25, -0.2) is 4.79 Å². The van der Waals surface area contributed by atoms with Gasteiger partial charge >= 0.3 is 6.03 Å². The van der Waals surface area contributed by atoms with Crippen molar-refractivity contribution in [2.24, 2.45) is 0 Å². The number of anilines is 1. The minimum absolute atomic E-state index is 0.0244. The molecule has 3 aromatic carbocycles. The molecule has 1 fully saturated rings. The van der Waals surface area contributed by atoms with Gasteiger partial charge in [0.15, 0.2) is 0 Å². The van der Waals surface area contributed by atoms with E-state index in [0.717, 1.165) is 41.5 Å². The topological polar surface area (TPSA) is 41.6 Å². The Labute approximate surface area is 175 Å². The lowest BCUT2D eigenvalue weighted by atomic mass is 10.1. The van der Waals surface area contributed by atoms with Crippen molar-refractivity contribution >= 4 is 23.5 Å². The van der Waals surface area contributed by atoms with E-state index < -0.39 is 0 Å². The second-order valence-corrected chi connectivity index (χ2v) is 8.08. The zero-order valence-corrected chi connectivity index (χ0v) is 17.2. The third-order valence-electron chi connectivity index (χ3n) is 4.86. The van der Waals surface area contributed by atoms with Crippen LogP contribution in [0.4, 0.5) is 10.5 Å². The third kappa shape index (κ3) is 4.74. The van der Waals surface area contributed by atoms with E-state index in [1.54, 1.807) is 11.8 Å². The summed E-state index contributed by atoms with van der Waals surface area (Å²) in [6.45, 7) is 2.83. The quantitative estimate of drug-likeness (QED) is 0.541. The highest BCUT2D eigenvalue weighted by molar-refractivity contribution is 7.99. The van der Waals surface area contributed by atoms with E-state index in [1.165, 1.54) is 5.56 Å². The van der Waals surface area contributed by atoms with E-state index in [0.29, 0.717) is 0 Å². The van der Waals surface area contributed by atoms with Gasteiger partial charge in [-0.1, -0.05) is 49.4 Å². The monoisotopic (exact) mass is 404 g/mol. The Hall–Kier alpha value is -2.92. The highest BCUT2D eigenvalue weighted by Gasteiger charge is 2.31. The molecule has 1 aliphatic heterocycles. The number of hydrogen-bond acceptors (Lipinski definition) is 3. The molecule has 148 valence electrons. The van der Waals surface area contributed by atoms with Crippen molar-refractivity contribution in [2.45, 2.75) is 18.7 Å². The van der Waals surface area contributed by atoms with Gasteiger partial charge in [-0.15, -0.1) is 11.8 Å². The molecule has 2 amide bonds. The molecule has 0 spiro atoms. The summed E-state index contributed by atoms with van der Waals surface area (Å²) in [5.74, 6) is 2.49. The smallest absolute Gasteiger partial charge is 0.323 e. The van der Waals surface area contributed by atoms with E-state index in [2.05, 4.69) is 24.4 Å². The number of para-hydroxylation sites is 1. The van der Waals surface area contributed by atoms with Crippen LogP contribution in [0.1, 0.15) is 23.4 Å². The zero-order valence-electron chi connectivity index (χ0n) is 16.4. The number of aryl methyl sites for hydroxylation is 1. The third-order valence-corrected chi connectivity index (χ3v) is 6.12. The first kappa shape index (κ1) is 19.4. The number of benzene rings is 3. The van der Waals surface area contributed by atoms with Crippen LogP contribution >= 0.6 is 11.8 Å². The molecule has 1 saturated heterocycles. The SMILES string of the molecule is CCc1cccc(NC(=O)N2CCS[C@@H]2c2cccc(Oc3ccccc3)c2)c1. The Morgan fingerprint density at radius 1 is 1.03 bits per heavy atom. The van der Waals surface area contributed by atoms with Gasteiger partial charge in [-0.3, -0.25) is 0 Å². The van der Waals surface area contributed by atoms with E-state index in [9.17, 15) is 4.79 Å². The van der Waals surface area contributed by atoms with E-state index in [-0.39, 0.29) is 11.4 Å². The number of ether oxygens (including phenoxy) is 1. The summed E-state index contributed by atoms with van der Waals surface area (Å²) in [5, 5.41) is 3.03. The first-order chi connectivity index (χ1) is 14.2. The lowest BCUT2D eigenvalue weighted by Gasteiger charge is -2.25. The average molecular weight is 405 g/mol. The fourth-order valence-electron chi connectivity index (χ4n) is 3.37. The Balaban J connectivity index is 1.49. The van der Waals surface area contributed by atoms with Crippen LogP contribution < -0.4 is 10.1 Å². The fourth-order valence-corrected chi connectivity index (χ4v) is 4.62. The van der Waals surface area contributed by atoms with Crippen molar-refractivity contribution in [2.75, 3.05) is 17.6 Å². The van der Waals surface area contributed by atoms with Crippen LogP contribution in [0.5, 0.6) is 11.5 Å². The molecule has 0 bridgehead atoms. The van der Waals surface area contributed by atoms with E-state index in [1.807, 2.05) is 71.6 Å². The number of carbonyl (C=O) groups is 1. The molecule has 4 nitrogen and oxygen atoms in total. The van der Waals surface area contributed by atoms with Crippen LogP contribution in [-0.4, -0.2) is 23.2 Å². The van der Waals surface area contributed by atoms with Gasteiger partial charge in [0.2, 0.25) is 0 Å². The molecular weight excluding hydrogens is 380 g/mol. The van der Waals surface area contributed by atoms with Crippen LogP contribution in [0.25, 0.3) is 0 Å². The number of nitrogens with one attached hydrogen (secondary N) is 1. The van der Waals surface area contributed by atoms with E-state index >= 15 is 0 Å². The number of hydrogen-bond donors (Lipinski definition) is 1. The van der Waals surface area contributed by atoms with Gasteiger partial charge < -0.3 is 15.0 Å². The fraction of sp³-hybridized carbons (Fsp3) is 0.208. The van der Waals surface area contributed by atoms with Crippen LogP contribution in [0.15, 0.2) is 78.9 Å². The second-order valence-electron chi connectivity index (χ2n) is 6.89. The van der Waals surface area contributed by atoms with Crippen molar-refractivity contribution in [3.05, 3.63) is 90.0 Å². The van der Waals surface area contributed by atoms with Gasteiger partial charge in [-0.2, -0.15) is 0 Å². The van der Waals surface area contributed by atoms with Crippen LogP contribution in [0, 0.1) is 0 Å². The molecular formula is C24H24N2O2S. The maximum Gasteiger partial charge on any atom is 0.323 e. The molecule has 3 aromatic rings. The molecule has 1 aliphatic rings. The van der Waals surface area contributed by atoms with Gasteiger partial charge in [0, 0.05) is 18.0 Å². The molecule has 29 heavy (non-hydrogen) atoms. The summed E-state index contributed by atoms with van der Waals surface area (Å²) in [4.78, 5) is 14.8. The predicted octanol–water partition coefficient (Wildman–Crippen LogP) is 6.32. The zero-order chi connectivity index (χ0) is 20.1. The first-order valence-electron chi connectivity index (χ1n) is 9.84. The number of carbonyl (C=O) groups excluding carboxylic acids is 1. The molecule has 1 heterocycles. The Morgan fingerprint density at radius 2 is 1.83 bits per heavy atom. The van der Waals surface area contributed by atoms with Crippen molar-refractivity contribution in [3.63, 3.8) is 0 Å². The number of thioether (sulfide) groups is 1.